The molecule has 0 aromatic rings. The van der Waals surface area contributed by atoms with Crippen molar-refractivity contribution in [3.63, 3.8) is 0 Å². The van der Waals surface area contributed by atoms with E-state index in [1.807, 2.05) is 0 Å². The van der Waals surface area contributed by atoms with Crippen LogP contribution >= 0.6 is 8.53 Å². The minimum atomic E-state index is -1.10. The first-order chi connectivity index (χ1) is 10.6. The molecule has 1 aliphatic carbocycles. The van der Waals surface area contributed by atoms with Gasteiger partial charge < -0.3 is 9.05 Å². The number of allylic oxidation sites excluding steroid dienone is 2. The van der Waals surface area contributed by atoms with Crippen molar-refractivity contribution in [2.24, 2.45) is 0 Å². The van der Waals surface area contributed by atoms with E-state index in [-0.39, 0.29) is 6.10 Å². The quantitative estimate of drug-likeness (QED) is 0.351. The molecule has 0 fully saturated rings. The SMILES string of the molecule is CC(C)N(C(C)C)P(OCCC#N)OC1CCC=CCCC1. The van der Waals surface area contributed by atoms with Crippen LogP contribution in [-0.4, -0.2) is 29.5 Å². The molecule has 0 saturated heterocycles. The number of nitriles is 1. The van der Waals surface area contributed by atoms with Crippen LogP contribution in [0.3, 0.4) is 0 Å². The number of hydrogen-bond acceptors (Lipinski definition) is 4. The van der Waals surface area contributed by atoms with Crippen molar-refractivity contribution in [1.82, 2.24) is 4.67 Å². The van der Waals surface area contributed by atoms with Crippen LogP contribution in [0.5, 0.6) is 0 Å². The molecule has 0 aromatic heterocycles. The molecule has 0 radical (unpaired) electrons. The molecule has 0 N–H and O–H groups in total. The summed E-state index contributed by atoms with van der Waals surface area (Å²) in [4.78, 5) is 0. The van der Waals surface area contributed by atoms with Gasteiger partial charge in [0.05, 0.1) is 25.2 Å². The fraction of sp³-hybridized carbons (Fsp3) is 0.824. The van der Waals surface area contributed by atoms with Gasteiger partial charge >= 0.3 is 0 Å². The molecule has 4 nitrogen and oxygen atoms in total. The van der Waals surface area contributed by atoms with Crippen molar-refractivity contribution in [2.45, 2.75) is 84.4 Å². The van der Waals surface area contributed by atoms with Crippen molar-refractivity contribution >= 4 is 8.53 Å². The zero-order chi connectivity index (χ0) is 16.4. The van der Waals surface area contributed by atoms with E-state index < -0.39 is 8.53 Å². The van der Waals surface area contributed by atoms with Crippen molar-refractivity contribution in [3.05, 3.63) is 12.2 Å². The van der Waals surface area contributed by atoms with Crippen molar-refractivity contribution in [1.29, 1.82) is 5.26 Å². The molecule has 0 saturated carbocycles. The molecule has 2 atom stereocenters. The van der Waals surface area contributed by atoms with E-state index in [0.29, 0.717) is 25.1 Å². The molecule has 0 spiro atoms. The maximum Gasteiger partial charge on any atom is 0.259 e. The van der Waals surface area contributed by atoms with E-state index in [4.69, 9.17) is 14.3 Å². The van der Waals surface area contributed by atoms with Gasteiger partial charge in [-0.15, -0.1) is 0 Å². The Balaban J connectivity index is 2.70. The molecular weight excluding hydrogens is 295 g/mol. The topological polar surface area (TPSA) is 45.5 Å². The average molecular weight is 326 g/mol. The molecule has 0 aromatic carbocycles. The molecule has 5 heteroatoms. The second kappa shape index (κ2) is 11.1. The maximum absolute atomic E-state index is 8.74. The molecule has 1 aliphatic rings. The molecule has 0 amide bonds. The Morgan fingerprint density at radius 2 is 1.86 bits per heavy atom. The highest BCUT2D eigenvalue weighted by Gasteiger charge is 2.29. The third kappa shape index (κ3) is 7.20. The van der Waals surface area contributed by atoms with E-state index >= 15 is 0 Å². The smallest absolute Gasteiger partial charge is 0.259 e. The Labute approximate surface area is 137 Å². The first kappa shape index (κ1) is 19.6. The predicted molar refractivity (Wildman–Crippen MR) is 92.3 cm³/mol. The Hall–Kier alpha value is -0.460. The predicted octanol–water partition coefficient (Wildman–Crippen LogP) is 5.17. The van der Waals surface area contributed by atoms with Crippen LogP contribution < -0.4 is 0 Å². The summed E-state index contributed by atoms with van der Waals surface area (Å²) in [5.41, 5.74) is 0. The summed E-state index contributed by atoms with van der Waals surface area (Å²) in [5, 5.41) is 8.74. The summed E-state index contributed by atoms with van der Waals surface area (Å²) in [6, 6.07) is 2.87. The molecule has 1 rings (SSSR count). The third-order valence-electron chi connectivity index (χ3n) is 3.62. The van der Waals surface area contributed by atoms with Crippen LogP contribution in [0.25, 0.3) is 0 Å². The lowest BCUT2D eigenvalue weighted by atomic mass is 10.0. The molecular formula is C17H31N2O2P. The van der Waals surface area contributed by atoms with E-state index in [1.165, 1.54) is 6.42 Å². The van der Waals surface area contributed by atoms with Gasteiger partial charge in [-0.1, -0.05) is 12.2 Å². The first-order valence-corrected chi connectivity index (χ1v) is 9.59. The molecule has 126 valence electrons. The summed E-state index contributed by atoms with van der Waals surface area (Å²) < 4.78 is 14.7. The van der Waals surface area contributed by atoms with Crippen LogP contribution in [0.2, 0.25) is 0 Å². The second-order valence-corrected chi connectivity index (χ2v) is 7.66. The zero-order valence-corrected chi connectivity index (χ0v) is 15.4. The zero-order valence-electron chi connectivity index (χ0n) is 14.5. The van der Waals surface area contributed by atoms with Crippen LogP contribution in [0.4, 0.5) is 0 Å². The standard InChI is InChI=1S/C17H31N2O2P/c1-15(2)19(16(3)4)22(20-14-10-13-18)21-17-11-8-6-5-7-9-12-17/h5-6,15-17H,7-12,14H2,1-4H3. The van der Waals surface area contributed by atoms with Gasteiger partial charge in [-0.2, -0.15) is 5.26 Å². The first-order valence-electron chi connectivity index (χ1n) is 8.46. The van der Waals surface area contributed by atoms with Crippen LogP contribution in [-0.2, 0) is 9.05 Å². The van der Waals surface area contributed by atoms with Gasteiger partial charge in [0.1, 0.15) is 0 Å². The monoisotopic (exact) mass is 326 g/mol. The number of nitrogens with zero attached hydrogens (tertiary/aromatic N) is 2. The summed E-state index contributed by atoms with van der Waals surface area (Å²) >= 11 is 0. The molecule has 22 heavy (non-hydrogen) atoms. The van der Waals surface area contributed by atoms with Crippen molar-refractivity contribution in [3.8, 4) is 6.07 Å². The largest absolute Gasteiger partial charge is 0.321 e. The highest BCUT2D eigenvalue weighted by molar-refractivity contribution is 7.44. The normalized spacial score (nSPS) is 20.9. The molecule has 0 heterocycles. The number of hydrogen-bond donors (Lipinski definition) is 0. The Bertz CT molecular complexity index is 358. The van der Waals surface area contributed by atoms with Crippen LogP contribution in [0.15, 0.2) is 12.2 Å². The summed E-state index contributed by atoms with van der Waals surface area (Å²) in [5.74, 6) is 0. The fourth-order valence-electron chi connectivity index (χ4n) is 2.65. The minimum absolute atomic E-state index is 0.262. The Morgan fingerprint density at radius 3 is 2.50 bits per heavy atom. The van der Waals surface area contributed by atoms with E-state index in [9.17, 15) is 0 Å². The van der Waals surface area contributed by atoms with Gasteiger partial charge in [-0.3, -0.25) is 0 Å². The summed E-state index contributed by atoms with van der Waals surface area (Å²) in [6.07, 6.45) is 10.8. The van der Waals surface area contributed by atoms with Crippen LogP contribution in [0.1, 0.15) is 66.2 Å². The minimum Gasteiger partial charge on any atom is -0.321 e. The van der Waals surface area contributed by atoms with Crippen LogP contribution in [0, 0.1) is 11.3 Å². The Morgan fingerprint density at radius 1 is 1.18 bits per heavy atom. The maximum atomic E-state index is 8.74. The third-order valence-corrected chi connectivity index (χ3v) is 5.80. The van der Waals surface area contributed by atoms with Gasteiger partial charge in [0.2, 0.25) is 0 Å². The van der Waals surface area contributed by atoms with Gasteiger partial charge in [0.25, 0.3) is 8.53 Å². The van der Waals surface area contributed by atoms with E-state index in [0.717, 1.165) is 25.7 Å². The Kier molecular flexibility index (Phi) is 9.91. The molecule has 2 unspecified atom stereocenters. The molecule has 0 aliphatic heterocycles. The van der Waals surface area contributed by atoms with Gasteiger partial charge in [0.15, 0.2) is 0 Å². The van der Waals surface area contributed by atoms with Crippen molar-refractivity contribution in [2.75, 3.05) is 6.61 Å². The van der Waals surface area contributed by atoms with Gasteiger partial charge in [0, 0.05) is 12.1 Å². The fourth-order valence-corrected chi connectivity index (χ4v) is 4.42. The highest BCUT2D eigenvalue weighted by atomic mass is 31.2. The van der Waals surface area contributed by atoms with E-state index in [1.54, 1.807) is 0 Å². The van der Waals surface area contributed by atoms with Gasteiger partial charge in [-0.05, 0) is 59.8 Å². The lowest BCUT2D eigenvalue weighted by molar-refractivity contribution is 0.120. The molecule has 0 bridgehead atoms. The van der Waals surface area contributed by atoms with E-state index in [2.05, 4.69) is 50.6 Å². The second-order valence-electron chi connectivity index (χ2n) is 6.25. The lowest BCUT2D eigenvalue weighted by Crippen LogP contribution is -2.34. The average Bonchev–Trinajstić information content (AvgIpc) is 2.40. The highest BCUT2D eigenvalue weighted by Crippen LogP contribution is 2.48. The number of rotatable bonds is 8. The van der Waals surface area contributed by atoms with Gasteiger partial charge in [-0.25, -0.2) is 4.67 Å². The lowest BCUT2D eigenvalue weighted by Gasteiger charge is -2.37. The summed E-state index contributed by atoms with van der Waals surface area (Å²) in [6.45, 7) is 9.14. The summed E-state index contributed by atoms with van der Waals surface area (Å²) in [7, 11) is -1.10. The van der Waals surface area contributed by atoms with Crippen molar-refractivity contribution < 1.29 is 9.05 Å².